The molecule has 0 fully saturated rings. The van der Waals surface area contributed by atoms with Gasteiger partial charge in [-0.15, -0.1) is 26.2 Å². The summed E-state index contributed by atoms with van der Waals surface area (Å²) in [5.41, 5.74) is 0. The normalized spacial score (nSPS) is 11.0. The maximum Gasteiger partial charge on any atom is -0.0181 e. The van der Waals surface area contributed by atoms with Crippen LogP contribution in [0.15, 0.2) is 12.7 Å². The number of hydrogen-bond acceptors (Lipinski definition) is 0. The van der Waals surface area contributed by atoms with Crippen molar-refractivity contribution < 1.29 is 0 Å². The van der Waals surface area contributed by atoms with E-state index in [2.05, 4.69) is 33.4 Å². The molecular formula is C15H33ClP. The van der Waals surface area contributed by atoms with Crippen LogP contribution in [-0.4, -0.2) is 24.6 Å². The standard InChI is InChI=1S/C15H32P.ClH/c1-5-9-13-16(12-8-4,14-10-6-2)15-11-7-3;/h8H,4-7,9-15H2,1-3H3;1H. The molecule has 0 saturated carbocycles. The highest BCUT2D eigenvalue weighted by Crippen LogP contribution is 2.60. The van der Waals surface area contributed by atoms with Gasteiger partial charge in [0.25, 0.3) is 0 Å². The Morgan fingerprint density at radius 1 is 0.824 bits per heavy atom. The molecule has 0 heterocycles. The summed E-state index contributed by atoms with van der Waals surface area (Å²) in [6, 6.07) is 0. The second-order valence-electron chi connectivity index (χ2n) is 5.04. The second kappa shape index (κ2) is 12.9. The predicted molar refractivity (Wildman–Crippen MR) is 88.6 cm³/mol. The third-order valence-electron chi connectivity index (χ3n) is 3.47. The van der Waals surface area contributed by atoms with Gasteiger partial charge in [-0.2, -0.15) is 0 Å². The lowest BCUT2D eigenvalue weighted by atomic mass is 10.4. The quantitative estimate of drug-likeness (QED) is 0.321. The Kier molecular flexibility index (Phi) is 15.0. The van der Waals surface area contributed by atoms with Crippen LogP contribution < -0.4 is 0 Å². The van der Waals surface area contributed by atoms with E-state index in [1.54, 1.807) is 0 Å². The molecular weight excluding hydrogens is 247 g/mol. The Morgan fingerprint density at radius 3 is 1.41 bits per heavy atom. The Morgan fingerprint density at radius 2 is 1.18 bits per heavy atom. The third kappa shape index (κ3) is 9.09. The van der Waals surface area contributed by atoms with Gasteiger partial charge in [-0.3, -0.25) is 0 Å². The van der Waals surface area contributed by atoms with Gasteiger partial charge in [-0.25, -0.2) is 0 Å². The molecule has 0 nitrogen and oxygen atoms in total. The summed E-state index contributed by atoms with van der Waals surface area (Å²) in [6.45, 7) is 11.0. The van der Waals surface area contributed by atoms with Gasteiger partial charge in [0, 0.05) is 0 Å². The monoisotopic (exact) mass is 279 g/mol. The van der Waals surface area contributed by atoms with Gasteiger partial charge < -0.3 is 0 Å². The zero-order valence-corrected chi connectivity index (χ0v) is 13.9. The molecule has 105 valence electrons. The molecule has 0 aromatic rings. The van der Waals surface area contributed by atoms with E-state index in [0.717, 1.165) is 0 Å². The van der Waals surface area contributed by atoms with Crippen molar-refractivity contribution in [1.82, 2.24) is 0 Å². The lowest BCUT2D eigenvalue weighted by Crippen LogP contribution is -2.11. The maximum absolute atomic E-state index is 4.00. The van der Waals surface area contributed by atoms with Crippen molar-refractivity contribution in [3.05, 3.63) is 12.7 Å². The van der Waals surface area contributed by atoms with Crippen molar-refractivity contribution in [2.75, 3.05) is 24.6 Å². The topological polar surface area (TPSA) is 0 Å². The van der Waals surface area contributed by atoms with Gasteiger partial charge in [-0.05, 0) is 43.9 Å². The average molecular weight is 280 g/mol. The van der Waals surface area contributed by atoms with Crippen molar-refractivity contribution in [3.8, 4) is 0 Å². The van der Waals surface area contributed by atoms with Gasteiger partial charge in [0.1, 0.15) is 0 Å². The SMILES string of the molecule is C=CC[P](CCCC)(CCCC)CCCC.Cl. The summed E-state index contributed by atoms with van der Waals surface area (Å²) < 4.78 is 0. The molecule has 0 aromatic carbocycles. The molecule has 0 unspecified atom stereocenters. The van der Waals surface area contributed by atoms with E-state index >= 15 is 0 Å². The Bertz CT molecular complexity index is 147. The number of unbranched alkanes of at least 4 members (excludes halogenated alkanes) is 3. The Hall–Kier alpha value is 0.460. The van der Waals surface area contributed by atoms with E-state index in [4.69, 9.17) is 0 Å². The minimum absolute atomic E-state index is 0. The summed E-state index contributed by atoms with van der Waals surface area (Å²) >= 11 is 0. The van der Waals surface area contributed by atoms with Crippen LogP contribution in [0.3, 0.4) is 0 Å². The highest BCUT2D eigenvalue weighted by molar-refractivity contribution is 7.76. The van der Waals surface area contributed by atoms with E-state index < -0.39 is 7.26 Å². The molecule has 17 heavy (non-hydrogen) atoms. The van der Waals surface area contributed by atoms with Gasteiger partial charge >= 0.3 is 0 Å². The number of rotatable bonds is 11. The van der Waals surface area contributed by atoms with Crippen molar-refractivity contribution >= 4 is 19.7 Å². The van der Waals surface area contributed by atoms with E-state index in [-0.39, 0.29) is 12.4 Å². The first kappa shape index (κ1) is 19.8. The Labute approximate surface area is 116 Å². The van der Waals surface area contributed by atoms with Crippen LogP contribution in [0.5, 0.6) is 0 Å². The maximum atomic E-state index is 4.00. The van der Waals surface area contributed by atoms with Crippen molar-refractivity contribution in [2.45, 2.75) is 59.3 Å². The van der Waals surface area contributed by atoms with E-state index in [9.17, 15) is 0 Å². The summed E-state index contributed by atoms with van der Waals surface area (Å²) in [4.78, 5) is 0. The number of allylic oxidation sites excluding steroid dienone is 1. The fraction of sp³-hybridized carbons (Fsp3) is 0.867. The lowest BCUT2D eigenvalue weighted by molar-refractivity contribution is 0.836. The molecule has 1 radical (unpaired) electrons. The largest absolute Gasteiger partial charge is 0.147 e. The Balaban J connectivity index is 0. The molecule has 0 atom stereocenters. The fourth-order valence-electron chi connectivity index (χ4n) is 2.36. The summed E-state index contributed by atoms with van der Waals surface area (Å²) in [7, 11) is -0.664. The van der Waals surface area contributed by atoms with Crippen LogP contribution in [0.4, 0.5) is 0 Å². The van der Waals surface area contributed by atoms with Crippen LogP contribution in [0, 0.1) is 0 Å². The van der Waals surface area contributed by atoms with Crippen LogP contribution in [0.2, 0.25) is 0 Å². The molecule has 0 N–H and O–H groups in total. The van der Waals surface area contributed by atoms with E-state index in [0.29, 0.717) is 0 Å². The number of hydrogen-bond donors (Lipinski definition) is 0. The third-order valence-corrected chi connectivity index (χ3v) is 8.30. The zero-order valence-electron chi connectivity index (χ0n) is 12.2. The van der Waals surface area contributed by atoms with Crippen LogP contribution >= 0.6 is 19.7 Å². The molecule has 0 aliphatic heterocycles. The fourth-order valence-corrected chi connectivity index (χ4v) is 7.09. The molecule has 0 aliphatic carbocycles. The van der Waals surface area contributed by atoms with Crippen LogP contribution in [0.1, 0.15) is 59.3 Å². The first-order chi connectivity index (χ1) is 7.74. The van der Waals surface area contributed by atoms with Crippen LogP contribution in [-0.2, 0) is 0 Å². The number of halogens is 1. The molecule has 2 heteroatoms. The minimum Gasteiger partial charge on any atom is -0.147 e. The van der Waals surface area contributed by atoms with Gasteiger partial charge in [-0.1, -0.05) is 46.1 Å². The molecule has 0 amide bonds. The molecule has 0 saturated heterocycles. The lowest BCUT2D eigenvalue weighted by Gasteiger charge is -2.36. The summed E-state index contributed by atoms with van der Waals surface area (Å²) in [5.74, 6) is 0. The zero-order chi connectivity index (χ0) is 12.3. The first-order valence-electron chi connectivity index (χ1n) is 7.20. The highest BCUT2D eigenvalue weighted by atomic mass is 35.5. The van der Waals surface area contributed by atoms with Gasteiger partial charge in [0.05, 0.1) is 0 Å². The van der Waals surface area contributed by atoms with E-state index in [1.165, 1.54) is 63.2 Å². The van der Waals surface area contributed by atoms with Crippen LogP contribution in [0.25, 0.3) is 0 Å². The van der Waals surface area contributed by atoms with Gasteiger partial charge in [0.2, 0.25) is 0 Å². The molecule has 0 aliphatic rings. The van der Waals surface area contributed by atoms with Crippen molar-refractivity contribution in [2.24, 2.45) is 0 Å². The highest BCUT2D eigenvalue weighted by Gasteiger charge is 2.23. The summed E-state index contributed by atoms with van der Waals surface area (Å²) in [5, 5.41) is 0. The molecule has 0 spiro atoms. The van der Waals surface area contributed by atoms with Crippen molar-refractivity contribution in [3.63, 3.8) is 0 Å². The second-order valence-corrected chi connectivity index (χ2v) is 9.43. The van der Waals surface area contributed by atoms with E-state index in [1.807, 2.05) is 0 Å². The van der Waals surface area contributed by atoms with Crippen molar-refractivity contribution in [1.29, 1.82) is 0 Å². The predicted octanol–water partition coefficient (Wildman–Crippen LogP) is 6.01. The summed E-state index contributed by atoms with van der Waals surface area (Å²) in [6.07, 6.45) is 16.5. The van der Waals surface area contributed by atoms with Gasteiger partial charge in [0.15, 0.2) is 0 Å². The molecule has 0 rings (SSSR count). The smallest absolute Gasteiger partial charge is 0.0181 e. The average Bonchev–Trinajstić information content (AvgIpc) is 2.31. The molecule has 0 aromatic heterocycles. The first-order valence-corrected chi connectivity index (χ1v) is 9.73. The molecule has 0 bridgehead atoms. The minimum atomic E-state index is -0.664.